The van der Waals surface area contributed by atoms with Crippen molar-refractivity contribution >= 4 is 34.9 Å². The SMILES string of the molecule is C[C@H]1CCCN(c2cc(N3CCCC[C@@H]3C)nc(NC(=S)NCCCc3ccc(F)cc3)n2)C1. The number of anilines is 3. The van der Waals surface area contributed by atoms with Gasteiger partial charge < -0.3 is 20.4 Å². The summed E-state index contributed by atoms with van der Waals surface area (Å²) in [5.74, 6) is 2.99. The van der Waals surface area contributed by atoms with Crippen LogP contribution in [0.15, 0.2) is 30.3 Å². The van der Waals surface area contributed by atoms with Gasteiger partial charge in [0.25, 0.3) is 0 Å². The van der Waals surface area contributed by atoms with Crippen LogP contribution < -0.4 is 20.4 Å². The zero-order chi connectivity index (χ0) is 23.9. The summed E-state index contributed by atoms with van der Waals surface area (Å²) in [4.78, 5) is 14.5. The number of benzene rings is 1. The van der Waals surface area contributed by atoms with E-state index in [4.69, 9.17) is 22.2 Å². The highest BCUT2D eigenvalue weighted by atomic mass is 32.1. The maximum Gasteiger partial charge on any atom is 0.232 e. The van der Waals surface area contributed by atoms with Gasteiger partial charge in [0.05, 0.1) is 0 Å². The Morgan fingerprint density at radius 3 is 2.62 bits per heavy atom. The molecule has 2 fully saturated rings. The monoisotopic (exact) mass is 484 g/mol. The van der Waals surface area contributed by atoms with Crippen molar-refractivity contribution in [2.75, 3.05) is 41.3 Å². The molecule has 34 heavy (non-hydrogen) atoms. The molecule has 0 saturated carbocycles. The van der Waals surface area contributed by atoms with E-state index in [0.29, 0.717) is 23.0 Å². The third kappa shape index (κ3) is 6.78. The molecule has 2 atom stereocenters. The molecule has 2 saturated heterocycles. The highest BCUT2D eigenvalue weighted by Gasteiger charge is 2.24. The molecule has 1 aromatic carbocycles. The highest BCUT2D eigenvalue weighted by Crippen LogP contribution is 2.29. The minimum absolute atomic E-state index is 0.202. The van der Waals surface area contributed by atoms with Crippen LogP contribution in [0, 0.1) is 11.7 Å². The van der Waals surface area contributed by atoms with Crippen LogP contribution in [0.5, 0.6) is 0 Å². The predicted molar refractivity (Wildman–Crippen MR) is 142 cm³/mol. The number of aromatic nitrogens is 2. The van der Waals surface area contributed by atoms with Crippen LogP contribution in [-0.2, 0) is 6.42 Å². The fourth-order valence-corrected chi connectivity index (χ4v) is 5.11. The Hall–Kier alpha value is -2.48. The first-order valence-electron chi connectivity index (χ1n) is 12.7. The summed E-state index contributed by atoms with van der Waals surface area (Å²) in [5, 5.41) is 7.02. The van der Waals surface area contributed by atoms with Crippen molar-refractivity contribution in [3.63, 3.8) is 0 Å². The number of hydrogen-bond donors (Lipinski definition) is 2. The summed E-state index contributed by atoms with van der Waals surface area (Å²) < 4.78 is 13.1. The molecular weight excluding hydrogens is 447 g/mol. The molecule has 2 N–H and O–H groups in total. The Kier molecular flexibility index (Phi) is 8.53. The van der Waals surface area contributed by atoms with Crippen molar-refractivity contribution in [3.8, 4) is 0 Å². The van der Waals surface area contributed by atoms with E-state index in [2.05, 4.69) is 40.3 Å². The zero-order valence-corrected chi connectivity index (χ0v) is 21.2. The molecular formula is C26H37FN6S. The predicted octanol–water partition coefficient (Wildman–Crippen LogP) is 5.15. The molecule has 184 valence electrons. The van der Waals surface area contributed by atoms with Gasteiger partial charge in [-0.2, -0.15) is 9.97 Å². The lowest BCUT2D eigenvalue weighted by Gasteiger charge is -2.36. The standard InChI is InChI=1S/C26H37FN6S/c1-19-7-6-15-32(18-19)23-17-24(33-16-4-3-8-20(33)2)30-25(29-23)31-26(34)28-14-5-9-21-10-12-22(27)13-11-21/h10-13,17,19-20H,3-9,14-16,18H2,1-2H3,(H2,28,29,30,31,34)/t19-,20-/m0/s1. The van der Waals surface area contributed by atoms with E-state index in [9.17, 15) is 4.39 Å². The molecule has 2 aliphatic rings. The second-order valence-electron chi connectivity index (χ2n) is 9.75. The van der Waals surface area contributed by atoms with E-state index >= 15 is 0 Å². The Morgan fingerprint density at radius 2 is 1.85 bits per heavy atom. The number of halogens is 1. The molecule has 6 nitrogen and oxygen atoms in total. The first kappa shape index (κ1) is 24.6. The highest BCUT2D eigenvalue weighted by molar-refractivity contribution is 7.80. The third-order valence-corrected chi connectivity index (χ3v) is 7.09. The summed E-state index contributed by atoms with van der Waals surface area (Å²) in [6, 6.07) is 9.29. The summed E-state index contributed by atoms with van der Waals surface area (Å²) in [5.41, 5.74) is 1.12. The molecule has 2 aliphatic heterocycles. The molecule has 0 radical (unpaired) electrons. The molecule has 0 amide bonds. The number of thiocarbonyl (C=S) groups is 1. The number of nitrogens with zero attached hydrogens (tertiary/aromatic N) is 4. The lowest BCUT2D eigenvalue weighted by Crippen LogP contribution is -2.39. The second kappa shape index (κ2) is 11.8. The number of nitrogens with one attached hydrogen (secondary N) is 2. The largest absolute Gasteiger partial charge is 0.362 e. The van der Waals surface area contributed by atoms with E-state index < -0.39 is 0 Å². The average molecular weight is 485 g/mol. The topological polar surface area (TPSA) is 56.3 Å². The van der Waals surface area contributed by atoms with E-state index in [1.54, 1.807) is 0 Å². The van der Waals surface area contributed by atoms with E-state index in [1.807, 2.05) is 12.1 Å². The lowest BCUT2D eigenvalue weighted by atomic mass is 10.0. The third-order valence-electron chi connectivity index (χ3n) is 6.84. The van der Waals surface area contributed by atoms with Crippen molar-refractivity contribution < 1.29 is 4.39 Å². The molecule has 0 aliphatic carbocycles. The first-order valence-corrected chi connectivity index (χ1v) is 13.1. The van der Waals surface area contributed by atoms with Gasteiger partial charge in [0.1, 0.15) is 17.5 Å². The fourth-order valence-electron chi connectivity index (χ4n) is 4.91. The Morgan fingerprint density at radius 1 is 1.06 bits per heavy atom. The molecule has 1 aromatic heterocycles. The summed E-state index contributed by atoms with van der Waals surface area (Å²) in [6.45, 7) is 8.40. The van der Waals surface area contributed by atoms with Crippen molar-refractivity contribution in [3.05, 3.63) is 41.7 Å². The van der Waals surface area contributed by atoms with E-state index in [0.717, 1.165) is 56.2 Å². The number of hydrogen-bond acceptors (Lipinski definition) is 5. The molecule has 0 spiro atoms. The van der Waals surface area contributed by atoms with Crippen LogP contribution in [0.2, 0.25) is 0 Å². The minimum atomic E-state index is -0.202. The Balaban J connectivity index is 1.40. The van der Waals surface area contributed by atoms with Gasteiger partial charge in [0.2, 0.25) is 5.95 Å². The number of piperidine rings is 2. The fraction of sp³-hybridized carbons (Fsp3) is 0.577. The zero-order valence-electron chi connectivity index (χ0n) is 20.4. The molecule has 0 bridgehead atoms. The van der Waals surface area contributed by atoms with Crippen LogP contribution in [0.25, 0.3) is 0 Å². The van der Waals surface area contributed by atoms with Crippen LogP contribution in [-0.4, -0.2) is 47.3 Å². The Labute approximate surface area is 208 Å². The number of rotatable bonds is 7. The van der Waals surface area contributed by atoms with Crippen molar-refractivity contribution in [1.82, 2.24) is 15.3 Å². The van der Waals surface area contributed by atoms with Crippen LogP contribution in [0.3, 0.4) is 0 Å². The van der Waals surface area contributed by atoms with Crippen molar-refractivity contribution in [2.24, 2.45) is 5.92 Å². The number of aryl methyl sites for hydroxylation is 1. The molecule has 4 rings (SSSR count). The van der Waals surface area contributed by atoms with Gasteiger partial charge in [-0.05, 0) is 87.7 Å². The van der Waals surface area contributed by atoms with E-state index in [1.165, 1.54) is 44.2 Å². The summed E-state index contributed by atoms with van der Waals surface area (Å²) >= 11 is 5.55. The maximum atomic E-state index is 13.1. The van der Waals surface area contributed by atoms with Gasteiger partial charge in [0, 0.05) is 38.3 Å². The summed E-state index contributed by atoms with van der Waals surface area (Å²) in [6.07, 6.45) is 7.89. The Bertz CT molecular complexity index is 953. The first-order chi connectivity index (χ1) is 16.5. The van der Waals surface area contributed by atoms with Gasteiger partial charge in [-0.15, -0.1) is 0 Å². The quantitative estimate of drug-likeness (QED) is 0.416. The van der Waals surface area contributed by atoms with Gasteiger partial charge in [-0.3, -0.25) is 0 Å². The maximum absolute atomic E-state index is 13.1. The van der Waals surface area contributed by atoms with Gasteiger partial charge in [0.15, 0.2) is 5.11 Å². The van der Waals surface area contributed by atoms with Crippen LogP contribution >= 0.6 is 12.2 Å². The second-order valence-corrected chi connectivity index (χ2v) is 10.2. The normalized spacial score (nSPS) is 20.8. The molecule has 2 aromatic rings. The smallest absolute Gasteiger partial charge is 0.232 e. The van der Waals surface area contributed by atoms with Crippen molar-refractivity contribution in [1.29, 1.82) is 0 Å². The summed E-state index contributed by atoms with van der Waals surface area (Å²) in [7, 11) is 0. The van der Waals surface area contributed by atoms with E-state index in [-0.39, 0.29) is 5.82 Å². The van der Waals surface area contributed by atoms with Gasteiger partial charge >= 0.3 is 0 Å². The molecule has 3 heterocycles. The van der Waals surface area contributed by atoms with Gasteiger partial charge in [-0.25, -0.2) is 4.39 Å². The average Bonchev–Trinajstić information content (AvgIpc) is 2.83. The minimum Gasteiger partial charge on any atom is -0.362 e. The van der Waals surface area contributed by atoms with Crippen LogP contribution in [0.4, 0.5) is 22.0 Å². The van der Waals surface area contributed by atoms with Crippen molar-refractivity contribution in [2.45, 2.75) is 64.8 Å². The van der Waals surface area contributed by atoms with Crippen LogP contribution in [0.1, 0.15) is 57.9 Å². The molecule has 8 heteroatoms. The van der Waals surface area contributed by atoms with Gasteiger partial charge in [-0.1, -0.05) is 19.1 Å². The molecule has 0 unspecified atom stereocenters. The lowest BCUT2D eigenvalue weighted by molar-refractivity contribution is 0.444.